The molecule has 0 aliphatic rings. The number of imidazole rings is 1. The van der Waals surface area contributed by atoms with E-state index in [0.717, 1.165) is 0 Å². The van der Waals surface area contributed by atoms with Crippen LogP contribution in [0.15, 0.2) is 12.5 Å². The van der Waals surface area contributed by atoms with E-state index >= 15 is 0 Å². The van der Waals surface area contributed by atoms with E-state index in [9.17, 15) is 29.4 Å². The topological polar surface area (TPSA) is 200 Å². The minimum atomic E-state index is -1.44. The molecular formula is C22H38N6O6. The highest BCUT2D eigenvalue weighted by Crippen LogP contribution is 2.08. The summed E-state index contributed by atoms with van der Waals surface area (Å²) in [5, 5.41) is 26.9. The van der Waals surface area contributed by atoms with Gasteiger partial charge in [-0.2, -0.15) is 0 Å². The molecule has 0 saturated carbocycles. The van der Waals surface area contributed by atoms with Crippen LogP contribution in [0.3, 0.4) is 0 Å². The van der Waals surface area contributed by atoms with E-state index in [1.807, 2.05) is 27.7 Å². The van der Waals surface area contributed by atoms with Crippen LogP contribution in [0.25, 0.3) is 0 Å². The van der Waals surface area contributed by atoms with Crippen molar-refractivity contribution in [1.29, 1.82) is 0 Å². The van der Waals surface area contributed by atoms with E-state index in [0.29, 0.717) is 12.1 Å². The molecule has 0 saturated heterocycles. The van der Waals surface area contributed by atoms with Gasteiger partial charge in [0.05, 0.1) is 18.5 Å². The van der Waals surface area contributed by atoms with Gasteiger partial charge in [0.25, 0.3) is 0 Å². The van der Waals surface area contributed by atoms with E-state index in [-0.39, 0.29) is 24.7 Å². The second-order valence-corrected chi connectivity index (χ2v) is 9.33. The van der Waals surface area contributed by atoms with Gasteiger partial charge in [0, 0.05) is 18.3 Å². The molecule has 1 aromatic rings. The van der Waals surface area contributed by atoms with E-state index in [1.54, 1.807) is 0 Å². The van der Waals surface area contributed by atoms with Crippen LogP contribution in [0.2, 0.25) is 0 Å². The molecule has 0 aliphatic heterocycles. The summed E-state index contributed by atoms with van der Waals surface area (Å²) in [5.74, 6) is -3.19. The number of carboxylic acid groups (broad SMARTS) is 1. The van der Waals surface area contributed by atoms with Crippen molar-refractivity contribution in [1.82, 2.24) is 25.9 Å². The number of nitrogens with two attached hydrogens (primary N) is 1. The Morgan fingerprint density at radius 3 is 2.00 bits per heavy atom. The summed E-state index contributed by atoms with van der Waals surface area (Å²) < 4.78 is 0. The molecule has 1 rings (SSSR count). The highest BCUT2D eigenvalue weighted by Gasteiger charge is 2.33. The number of hydrogen-bond acceptors (Lipinski definition) is 7. The average molecular weight is 483 g/mol. The maximum atomic E-state index is 13.1. The monoisotopic (exact) mass is 482 g/mol. The number of H-pyrrole nitrogens is 1. The zero-order valence-electron chi connectivity index (χ0n) is 20.4. The van der Waals surface area contributed by atoms with Crippen LogP contribution in [0, 0.1) is 11.8 Å². The normalized spacial score (nSPS) is 15.8. The van der Waals surface area contributed by atoms with Gasteiger partial charge < -0.3 is 36.9 Å². The van der Waals surface area contributed by atoms with E-state index in [2.05, 4.69) is 25.9 Å². The third kappa shape index (κ3) is 9.87. The lowest BCUT2D eigenvalue weighted by atomic mass is 10.0. The second-order valence-electron chi connectivity index (χ2n) is 9.33. The van der Waals surface area contributed by atoms with Crippen molar-refractivity contribution >= 4 is 23.7 Å². The van der Waals surface area contributed by atoms with Crippen molar-refractivity contribution in [2.24, 2.45) is 17.6 Å². The Balaban J connectivity index is 3.01. The zero-order valence-corrected chi connectivity index (χ0v) is 20.4. The average Bonchev–Trinajstić information content (AvgIpc) is 3.22. The number of aromatic nitrogens is 2. The van der Waals surface area contributed by atoms with Gasteiger partial charge in [0.1, 0.15) is 18.1 Å². The van der Waals surface area contributed by atoms with Crippen molar-refractivity contribution in [2.75, 3.05) is 0 Å². The first kappa shape index (κ1) is 29.0. The molecule has 0 bridgehead atoms. The third-order valence-corrected chi connectivity index (χ3v) is 5.06. The minimum absolute atomic E-state index is 0.00923. The van der Waals surface area contributed by atoms with Gasteiger partial charge in [0.2, 0.25) is 17.7 Å². The lowest BCUT2D eigenvalue weighted by Crippen LogP contribution is -2.60. The molecule has 0 aliphatic carbocycles. The highest BCUT2D eigenvalue weighted by atomic mass is 16.4. The first-order chi connectivity index (χ1) is 15.8. The molecule has 12 heteroatoms. The van der Waals surface area contributed by atoms with Crippen LogP contribution >= 0.6 is 0 Å². The molecule has 1 aromatic heterocycles. The number of nitrogens with zero attached hydrogens (tertiary/aromatic N) is 1. The van der Waals surface area contributed by atoms with Crippen molar-refractivity contribution in [3.63, 3.8) is 0 Å². The quantitative estimate of drug-likeness (QED) is 0.180. The zero-order chi connectivity index (χ0) is 26.0. The predicted octanol–water partition coefficient (Wildman–Crippen LogP) is -0.708. The van der Waals surface area contributed by atoms with Crippen molar-refractivity contribution < 1.29 is 29.4 Å². The Kier molecular flexibility index (Phi) is 11.7. The van der Waals surface area contributed by atoms with Gasteiger partial charge in [-0.3, -0.25) is 14.4 Å². The Morgan fingerprint density at radius 1 is 0.941 bits per heavy atom. The summed E-state index contributed by atoms with van der Waals surface area (Å²) in [4.78, 5) is 56.6. The second kappa shape index (κ2) is 13.7. The lowest BCUT2D eigenvalue weighted by Gasteiger charge is -2.27. The maximum absolute atomic E-state index is 13.1. The molecule has 1 heterocycles. The van der Waals surface area contributed by atoms with E-state index in [1.165, 1.54) is 19.4 Å². The number of aliphatic hydroxyl groups is 1. The van der Waals surface area contributed by atoms with E-state index in [4.69, 9.17) is 5.73 Å². The smallest absolute Gasteiger partial charge is 0.326 e. The number of nitrogens with one attached hydrogen (secondary N) is 4. The van der Waals surface area contributed by atoms with Crippen molar-refractivity contribution in [3.8, 4) is 0 Å². The maximum Gasteiger partial charge on any atom is 0.326 e. The Morgan fingerprint density at radius 2 is 1.53 bits per heavy atom. The summed E-state index contributed by atoms with van der Waals surface area (Å²) in [7, 11) is 0. The van der Waals surface area contributed by atoms with Gasteiger partial charge in [-0.05, 0) is 31.6 Å². The number of aliphatic carboxylic acids is 1. The Hall–Kier alpha value is -2.99. The summed E-state index contributed by atoms with van der Waals surface area (Å²) in [5.41, 5.74) is 6.49. The molecule has 3 amide bonds. The SMILES string of the molecule is CC(C)CC(N)C(=O)NC(Cc1cnc[nH]1)C(=O)NC(C(=O)NC(CC(C)C)C(=O)O)C(C)O. The molecule has 192 valence electrons. The number of carboxylic acids is 1. The minimum Gasteiger partial charge on any atom is -0.480 e. The number of amides is 3. The summed E-state index contributed by atoms with van der Waals surface area (Å²) >= 11 is 0. The summed E-state index contributed by atoms with van der Waals surface area (Å²) in [6, 6.07) is -4.57. The van der Waals surface area contributed by atoms with Gasteiger partial charge in [-0.25, -0.2) is 9.78 Å². The molecular weight excluding hydrogens is 444 g/mol. The molecule has 0 spiro atoms. The number of carbonyl (C=O) groups is 4. The lowest BCUT2D eigenvalue weighted by molar-refractivity contribution is -0.143. The molecule has 34 heavy (non-hydrogen) atoms. The summed E-state index contributed by atoms with van der Waals surface area (Å²) in [6.45, 7) is 8.74. The van der Waals surface area contributed by atoms with Crippen molar-refractivity contribution in [3.05, 3.63) is 18.2 Å². The molecule has 0 aromatic carbocycles. The molecule has 0 fully saturated rings. The molecule has 8 N–H and O–H groups in total. The number of aliphatic hydroxyl groups excluding tert-OH is 1. The Labute approximate surface area is 199 Å². The van der Waals surface area contributed by atoms with Crippen molar-refractivity contribution in [2.45, 2.75) is 84.2 Å². The van der Waals surface area contributed by atoms with Gasteiger partial charge in [0.15, 0.2) is 0 Å². The van der Waals surface area contributed by atoms with Crippen LogP contribution in [0.4, 0.5) is 0 Å². The highest BCUT2D eigenvalue weighted by molar-refractivity contribution is 5.94. The third-order valence-electron chi connectivity index (χ3n) is 5.06. The first-order valence-corrected chi connectivity index (χ1v) is 11.4. The number of aromatic amines is 1. The van der Waals surface area contributed by atoms with Gasteiger partial charge >= 0.3 is 5.97 Å². The number of carbonyl (C=O) groups excluding carboxylic acids is 3. The number of rotatable bonds is 14. The van der Waals surface area contributed by atoms with Crippen LogP contribution in [0.1, 0.15) is 53.2 Å². The van der Waals surface area contributed by atoms with Crippen LogP contribution in [-0.2, 0) is 25.6 Å². The first-order valence-electron chi connectivity index (χ1n) is 11.4. The largest absolute Gasteiger partial charge is 0.480 e. The standard InChI is InChI=1S/C22H38N6O6/c1-11(2)6-15(23)19(30)26-16(8-14-9-24-10-25-14)20(31)28-18(13(5)29)21(32)27-17(22(33)34)7-12(3)4/h9-13,15-18,29H,6-8,23H2,1-5H3,(H,24,25)(H,26,30)(H,27,32)(H,28,31)(H,33,34). The molecule has 5 atom stereocenters. The fourth-order valence-electron chi connectivity index (χ4n) is 3.33. The number of hydrogen-bond donors (Lipinski definition) is 7. The molecule has 12 nitrogen and oxygen atoms in total. The van der Waals surface area contributed by atoms with Crippen LogP contribution in [0.5, 0.6) is 0 Å². The summed E-state index contributed by atoms with van der Waals surface area (Å²) in [6.07, 6.45) is 2.20. The Bertz CT molecular complexity index is 811. The van der Waals surface area contributed by atoms with Gasteiger partial charge in [-0.15, -0.1) is 0 Å². The van der Waals surface area contributed by atoms with Gasteiger partial charge in [-0.1, -0.05) is 27.7 Å². The predicted molar refractivity (Wildman–Crippen MR) is 124 cm³/mol. The van der Waals surface area contributed by atoms with Crippen LogP contribution < -0.4 is 21.7 Å². The van der Waals surface area contributed by atoms with E-state index < -0.39 is 54.0 Å². The van der Waals surface area contributed by atoms with Crippen LogP contribution in [-0.4, -0.2) is 74.1 Å². The fourth-order valence-corrected chi connectivity index (χ4v) is 3.33. The molecule has 0 radical (unpaired) electrons. The fraction of sp³-hybridized carbons (Fsp3) is 0.682. The molecule has 5 unspecified atom stereocenters.